The van der Waals surface area contributed by atoms with Crippen LogP contribution in [0.2, 0.25) is 5.02 Å². The van der Waals surface area contributed by atoms with Crippen LogP contribution in [0, 0.1) is 0 Å². The van der Waals surface area contributed by atoms with Crippen molar-refractivity contribution in [1.82, 2.24) is 10.3 Å². The second kappa shape index (κ2) is 9.83. The van der Waals surface area contributed by atoms with Crippen molar-refractivity contribution in [2.75, 3.05) is 13.2 Å². The van der Waals surface area contributed by atoms with Gasteiger partial charge in [0.15, 0.2) is 13.2 Å². The molecular weight excluding hydrogens is 494 g/mol. The van der Waals surface area contributed by atoms with Gasteiger partial charge in [-0.1, -0.05) is 11.6 Å². The number of benzene rings is 2. The van der Waals surface area contributed by atoms with Crippen LogP contribution in [0.4, 0.5) is 26.3 Å². The van der Waals surface area contributed by atoms with Gasteiger partial charge in [-0.15, -0.1) is 4.83 Å². The van der Waals surface area contributed by atoms with Gasteiger partial charge in [0.05, 0.1) is 10.5 Å². The van der Waals surface area contributed by atoms with Crippen LogP contribution in [0.3, 0.4) is 0 Å². The van der Waals surface area contributed by atoms with Gasteiger partial charge >= 0.3 is 12.4 Å². The molecule has 0 spiro atoms. The highest BCUT2D eigenvalue weighted by Crippen LogP contribution is 2.28. The zero-order chi connectivity index (χ0) is 24.2. The summed E-state index contributed by atoms with van der Waals surface area (Å²) in [4.78, 5) is 13.8. The molecule has 0 saturated heterocycles. The number of rotatable bonds is 8. The van der Waals surface area contributed by atoms with Gasteiger partial charge in [-0.2, -0.15) is 26.3 Å². The third-order valence-electron chi connectivity index (χ3n) is 3.41. The third-order valence-corrected chi connectivity index (χ3v) is 4.93. The highest BCUT2D eigenvalue weighted by Gasteiger charge is 2.31. The summed E-state index contributed by atoms with van der Waals surface area (Å²) in [5, 5.41) is 0.232. The van der Waals surface area contributed by atoms with E-state index in [1.165, 1.54) is 12.1 Å². The molecule has 2 aromatic carbocycles. The number of alkyl halides is 6. The molecule has 0 saturated carbocycles. The molecule has 32 heavy (non-hydrogen) atoms. The Morgan fingerprint density at radius 1 is 0.906 bits per heavy atom. The Labute approximate surface area is 182 Å². The predicted molar refractivity (Wildman–Crippen MR) is 98.8 cm³/mol. The fraction of sp³-hybridized carbons (Fsp3) is 0.235. The molecule has 15 heteroatoms. The van der Waals surface area contributed by atoms with Gasteiger partial charge in [0.1, 0.15) is 11.5 Å². The number of halogens is 7. The van der Waals surface area contributed by atoms with Gasteiger partial charge in [-0.05, 0) is 42.5 Å². The summed E-state index contributed by atoms with van der Waals surface area (Å²) in [5.74, 6) is -2.52. The van der Waals surface area contributed by atoms with Crippen LogP contribution in [0.1, 0.15) is 10.4 Å². The lowest BCUT2D eigenvalue weighted by Gasteiger charge is -2.16. The van der Waals surface area contributed by atoms with Gasteiger partial charge < -0.3 is 9.47 Å². The molecular formula is C17H13ClF6N2O5S. The van der Waals surface area contributed by atoms with Gasteiger partial charge in [0, 0.05) is 5.02 Å². The van der Waals surface area contributed by atoms with E-state index in [9.17, 15) is 39.6 Å². The van der Waals surface area contributed by atoms with Crippen LogP contribution in [0.5, 0.6) is 11.5 Å². The van der Waals surface area contributed by atoms with Crippen molar-refractivity contribution in [3.8, 4) is 11.5 Å². The predicted octanol–water partition coefficient (Wildman–Crippen LogP) is 3.85. The maximum absolute atomic E-state index is 12.4. The van der Waals surface area contributed by atoms with Crippen LogP contribution in [-0.2, 0) is 10.0 Å². The van der Waals surface area contributed by atoms with E-state index in [1.54, 1.807) is 10.3 Å². The van der Waals surface area contributed by atoms with Gasteiger partial charge in [-0.3, -0.25) is 10.2 Å². The van der Waals surface area contributed by atoms with E-state index < -0.39 is 58.6 Å². The summed E-state index contributed by atoms with van der Waals surface area (Å²) in [6.45, 7) is -3.55. The van der Waals surface area contributed by atoms with E-state index in [2.05, 4.69) is 9.47 Å². The minimum Gasteiger partial charge on any atom is -0.484 e. The van der Waals surface area contributed by atoms with Crippen molar-refractivity contribution >= 4 is 27.5 Å². The lowest BCUT2D eigenvalue weighted by atomic mass is 10.2. The van der Waals surface area contributed by atoms with Crippen LogP contribution in [-0.4, -0.2) is 39.9 Å². The fourth-order valence-electron chi connectivity index (χ4n) is 2.08. The lowest BCUT2D eigenvalue weighted by Crippen LogP contribution is -2.41. The van der Waals surface area contributed by atoms with Crippen LogP contribution in [0.25, 0.3) is 0 Å². The number of hydrogen-bond acceptors (Lipinski definition) is 5. The summed E-state index contributed by atoms with van der Waals surface area (Å²) in [6.07, 6.45) is -9.50. The summed E-state index contributed by atoms with van der Waals surface area (Å²) >= 11 is 5.66. The van der Waals surface area contributed by atoms with E-state index in [1.807, 2.05) is 0 Å². The normalized spacial score (nSPS) is 12.3. The molecule has 0 aliphatic heterocycles. The number of hydrogen-bond donors (Lipinski definition) is 2. The average Bonchev–Trinajstić information content (AvgIpc) is 2.68. The summed E-state index contributed by atoms with van der Waals surface area (Å²) < 4.78 is 108. The number of nitrogens with one attached hydrogen (secondary N) is 2. The second-order valence-corrected chi connectivity index (χ2v) is 8.10. The summed E-state index contributed by atoms with van der Waals surface area (Å²) in [5.41, 5.74) is 1.03. The molecule has 0 atom stereocenters. The summed E-state index contributed by atoms with van der Waals surface area (Å²) in [6, 6.07) is 7.03. The van der Waals surface area contributed by atoms with Gasteiger partial charge in [0.25, 0.3) is 15.9 Å². The standard InChI is InChI=1S/C17H13ClF6N2O5S/c18-10-1-4-12(5-2-10)32(28,29)26-25-15(27)13-7-11(30-8-16(19,20)21)3-6-14(13)31-9-17(22,23)24/h1-7,26H,8-9H2,(H,25,27). The number of amides is 1. The molecule has 0 bridgehead atoms. The Balaban J connectivity index is 2.23. The maximum Gasteiger partial charge on any atom is 0.422 e. The van der Waals surface area contributed by atoms with E-state index >= 15 is 0 Å². The zero-order valence-corrected chi connectivity index (χ0v) is 17.1. The highest BCUT2D eigenvalue weighted by molar-refractivity contribution is 7.89. The molecule has 7 nitrogen and oxygen atoms in total. The Hall–Kier alpha value is -2.71. The molecule has 0 radical (unpaired) electrons. The largest absolute Gasteiger partial charge is 0.484 e. The van der Waals surface area contributed by atoms with Crippen molar-refractivity contribution in [1.29, 1.82) is 0 Å². The fourth-order valence-corrected chi connectivity index (χ4v) is 3.05. The quantitative estimate of drug-likeness (QED) is 0.419. The molecule has 0 aromatic heterocycles. The van der Waals surface area contributed by atoms with Gasteiger partial charge in [0.2, 0.25) is 0 Å². The minimum atomic E-state index is -4.78. The first-order valence-electron chi connectivity index (χ1n) is 8.27. The minimum absolute atomic E-state index is 0.232. The van der Waals surface area contributed by atoms with Crippen molar-refractivity contribution < 1.29 is 49.0 Å². The van der Waals surface area contributed by atoms with Crippen molar-refractivity contribution in [2.24, 2.45) is 0 Å². The Morgan fingerprint density at radius 2 is 1.47 bits per heavy atom. The molecule has 176 valence electrons. The number of ether oxygens (including phenoxy) is 2. The third kappa shape index (κ3) is 8.09. The molecule has 0 aliphatic carbocycles. The van der Waals surface area contributed by atoms with E-state index in [-0.39, 0.29) is 9.92 Å². The topological polar surface area (TPSA) is 93.7 Å². The van der Waals surface area contributed by atoms with Crippen LogP contribution < -0.4 is 19.7 Å². The van der Waals surface area contributed by atoms with Crippen molar-refractivity contribution in [2.45, 2.75) is 17.2 Å². The molecule has 0 fully saturated rings. The Morgan fingerprint density at radius 3 is 2.03 bits per heavy atom. The van der Waals surface area contributed by atoms with E-state index in [0.717, 1.165) is 24.3 Å². The molecule has 2 N–H and O–H groups in total. The maximum atomic E-state index is 12.4. The van der Waals surface area contributed by atoms with Gasteiger partial charge in [-0.25, -0.2) is 8.42 Å². The molecule has 2 rings (SSSR count). The molecule has 0 aliphatic rings. The molecule has 0 unspecified atom stereocenters. The van der Waals surface area contributed by atoms with Crippen LogP contribution >= 0.6 is 11.6 Å². The zero-order valence-electron chi connectivity index (χ0n) is 15.6. The first-order valence-corrected chi connectivity index (χ1v) is 10.1. The summed E-state index contributed by atoms with van der Waals surface area (Å²) in [7, 11) is -4.31. The average molecular weight is 507 g/mol. The number of hydrazine groups is 1. The smallest absolute Gasteiger partial charge is 0.422 e. The number of sulfonamides is 1. The molecule has 1 amide bonds. The number of carbonyl (C=O) groups excluding carboxylic acids is 1. The SMILES string of the molecule is O=C(NNS(=O)(=O)c1ccc(Cl)cc1)c1cc(OCC(F)(F)F)ccc1OCC(F)(F)F. The Kier molecular flexibility index (Phi) is 7.85. The first-order chi connectivity index (χ1) is 14.7. The molecule has 0 heterocycles. The van der Waals surface area contributed by atoms with Crippen LogP contribution in [0.15, 0.2) is 47.4 Å². The number of carbonyl (C=O) groups is 1. The Bertz CT molecular complexity index is 1060. The second-order valence-electron chi connectivity index (χ2n) is 5.98. The molecule has 2 aromatic rings. The van der Waals surface area contributed by atoms with Crippen molar-refractivity contribution in [3.05, 3.63) is 53.1 Å². The highest BCUT2D eigenvalue weighted by atomic mass is 35.5. The van der Waals surface area contributed by atoms with E-state index in [4.69, 9.17) is 11.6 Å². The first kappa shape index (κ1) is 25.5. The monoisotopic (exact) mass is 506 g/mol. The lowest BCUT2D eigenvalue weighted by molar-refractivity contribution is -0.154. The van der Waals surface area contributed by atoms with E-state index in [0.29, 0.717) is 6.07 Å². The van der Waals surface area contributed by atoms with Crippen molar-refractivity contribution in [3.63, 3.8) is 0 Å².